The minimum Gasteiger partial charge on any atom is -0.412 e. The van der Waals surface area contributed by atoms with Crippen molar-refractivity contribution in [1.82, 2.24) is 0 Å². The average molecular weight is 345 g/mol. The second-order valence-corrected chi connectivity index (χ2v) is 0. The van der Waals surface area contributed by atoms with E-state index in [0.29, 0.717) is 0 Å². The molecule has 0 aliphatic rings. The van der Waals surface area contributed by atoms with E-state index in [9.17, 15) is 0 Å². The Hall–Kier alpha value is 0.969. The van der Waals surface area contributed by atoms with Gasteiger partial charge in [-0.05, 0) is 0 Å². The smallest absolute Gasteiger partial charge is 0 e. The summed E-state index contributed by atoms with van der Waals surface area (Å²) in [5.74, 6) is 0. The van der Waals surface area contributed by atoms with E-state index in [1.807, 2.05) is 0 Å². The third kappa shape index (κ3) is 83.3. The Balaban J connectivity index is 0. The first-order valence-corrected chi connectivity index (χ1v) is 0. The summed E-state index contributed by atoms with van der Waals surface area (Å²) in [6, 6.07) is 0. The molecule has 49 valence electrons. The van der Waals surface area contributed by atoms with Crippen LogP contribution in [0.3, 0.4) is 0 Å². The molecule has 0 aliphatic heterocycles. The van der Waals surface area contributed by atoms with Crippen molar-refractivity contribution in [1.29, 1.82) is 0 Å². The summed E-state index contributed by atoms with van der Waals surface area (Å²) in [6.45, 7) is 0. The molecule has 0 unspecified atom stereocenters. The van der Waals surface area contributed by atoms with E-state index >= 15 is 0 Å². The van der Waals surface area contributed by atoms with Crippen LogP contribution in [-0.4, -0.2) is 21.9 Å². The molecule has 8 N–H and O–H groups in total. The van der Waals surface area contributed by atoms with E-state index in [1.54, 1.807) is 0 Å². The molecule has 0 aromatic carbocycles. The first-order valence-electron chi connectivity index (χ1n) is 0. The fraction of sp³-hybridized carbons (Fsp3) is 0. The molecule has 0 saturated heterocycles. The van der Waals surface area contributed by atoms with Gasteiger partial charge in [0.15, 0.2) is 0 Å². The molecule has 6 heavy (non-hydrogen) atoms. The molecule has 0 saturated carbocycles. The Kier molecular flexibility index (Phi) is 6910. The maximum Gasteiger partial charge on any atom is 0 e. The second kappa shape index (κ2) is 157. The summed E-state index contributed by atoms with van der Waals surface area (Å²) in [5, 5.41) is 0. The van der Waals surface area contributed by atoms with Gasteiger partial charge in [-0.1, -0.05) is 0 Å². The molecule has 0 atom stereocenters. The van der Waals surface area contributed by atoms with Crippen LogP contribution in [0, 0.1) is 0 Å². The van der Waals surface area contributed by atoms with Crippen LogP contribution in [0.25, 0.3) is 0 Å². The van der Waals surface area contributed by atoms with E-state index in [-0.39, 0.29) is 59.0 Å². The number of hydrogen-bond acceptors (Lipinski definition) is 0. The Morgan fingerprint density at radius 3 is 0.500 bits per heavy atom. The minimum atomic E-state index is 0. The first-order chi connectivity index (χ1) is 0. The molecular formula is H9BrIrO4. The summed E-state index contributed by atoms with van der Waals surface area (Å²) in [5.41, 5.74) is 0. The molecular weight excluding hydrogens is 336 g/mol. The second-order valence-electron chi connectivity index (χ2n) is 0. The van der Waals surface area contributed by atoms with Crippen molar-refractivity contribution in [2.45, 2.75) is 0 Å². The number of halogens is 1. The SMILES string of the molecule is Br.O.O.O.O.[Ir]. The standard InChI is InChI=1S/BrH.Ir.4H2O/h1H;;4*1H2. The predicted octanol–water partition coefficient (Wildman–Crippen LogP) is -2.72. The zero-order valence-corrected chi connectivity index (χ0v) is 6.85. The molecule has 6 heteroatoms. The van der Waals surface area contributed by atoms with E-state index in [4.69, 9.17) is 0 Å². The van der Waals surface area contributed by atoms with Gasteiger partial charge >= 0.3 is 0 Å². The Morgan fingerprint density at radius 1 is 0.500 bits per heavy atom. The van der Waals surface area contributed by atoms with Crippen LogP contribution in [-0.2, 0) is 20.1 Å². The normalized spacial score (nSPS) is 0. The summed E-state index contributed by atoms with van der Waals surface area (Å²) < 4.78 is 0. The van der Waals surface area contributed by atoms with Crippen molar-refractivity contribution < 1.29 is 42.0 Å². The van der Waals surface area contributed by atoms with E-state index in [0.717, 1.165) is 0 Å². The monoisotopic (exact) mass is 345 g/mol. The Morgan fingerprint density at radius 2 is 0.500 bits per heavy atom. The van der Waals surface area contributed by atoms with Crippen LogP contribution in [0.1, 0.15) is 0 Å². The van der Waals surface area contributed by atoms with Crippen LogP contribution in [0.4, 0.5) is 0 Å². The van der Waals surface area contributed by atoms with Gasteiger partial charge in [-0.2, -0.15) is 0 Å². The average Bonchev–Trinajstić information content (AvgIpc) is 0. The van der Waals surface area contributed by atoms with Crippen LogP contribution in [0.15, 0.2) is 0 Å². The zero-order chi connectivity index (χ0) is 0. The topological polar surface area (TPSA) is 126 Å². The van der Waals surface area contributed by atoms with Crippen molar-refractivity contribution in [2.75, 3.05) is 0 Å². The van der Waals surface area contributed by atoms with Gasteiger partial charge in [-0.3, -0.25) is 0 Å². The molecule has 0 bridgehead atoms. The van der Waals surface area contributed by atoms with Crippen molar-refractivity contribution in [2.24, 2.45) is 0 Å². The van der Waals surface area contributed by atoms with Gasteiger partial charge in [0.05, 0.1) is 0 Å². The van der Waals surface area contributed by atoms with Crippen LogP contribution in [0.5, 0.6) is 0 Å². The van der Waals surface area contributed by atoms with E-state index < -0.39 is 0 Å². The van der Waals surface area contributed by atoms with E-state index in [2.05, 4.69) is 0 Å². The van der Waals surface area contributed by atoms with Gasteiger partial charge in [-0.25, -0.2) is 0 Å². The van der Waals surface area contributed by atoms with Crippen molar-refractivity contribution in [3.63, 3.8) is 0 Å². The molecule has 0 fully saturated rings. The largest absolute Gasteiger partial charge is 0.412 e. The first kappa shape index (κ1) is 264. The van der Waals surface area contributed by atoms with Gasteiger partial charge in [0.2, 0.25) is 0 Å². The van der Waals surface area contributed by atoms with E-state index in [1.165, 1.54) is 0 Å². The Labute approximate surface area is 59.3 Å². The van der Waals surface area contributed by atoms with Gasteiger partial charge in [0.25, 0.3) is 0 Å². The molecule has 0 amide bonds. The molecule has 4 nitrogen and oxygen atoms in total. The summed E-state index contributed by atoms with van der Waals surface area (Å²) in [7, 11) is 0. The van der Waals surface area contributed by atoms with Gasteiger partial charge in [0.1, 0.15) is 0 Å². The van der Waals surface area contributed by atoms with Crippen LogP contribution < -0.4 is 0 Å². The molecule has 0 aliphatic carbocycles. The molecule has 0 spiro atoms. The molecule has 0 heterocycles. The number of rotatable bonds is 0. The van der Waals surface area contributed by atoms with Gasteiger partial charge < -0.3 is 21.9 Å². The molecule has 1 radical (unpaired) electrons. The Bertz CT molecular complexity index is 7.51. The van der Waals surface area contributed by atoms with Crippen LogP contribution in [0.2, 0.25) is 0 Å². The van der Waals surface area contributed by atoms with Crippen molar-refractivity contribution in [3.05, 3.63) is 0 Å². The van der Waals surface area contributed by atoms with Crippen LogP contribution >= 0.6 is 17.0 Å². The summed E-state index contributed by atoms with van der Waals surface area (Å²) in [6.07, 6.45) is 0. The number of hydrogen-bond donors (Lipinski definition) is 0. The maximum absolute atomic E-state index is 0. The summed E-state index contributed by atoms with van der Waals surface area (Å²) in [4.78, 5) is 0. The minimum absolute atomic E-state index is 0. The molecule has 0 aromatic rings. The van der Waals surface area contributed by atoms with Gasteiger partial charge in [-0.15, -0.1) is 17.0 Å². The zero-order valence-electron chi connectivity index (χ0n) is 2.74. The summed E-state index contributed by atoms with van der Waals surface area (Å²) >= 11 is 0. The van der Waals surface area contributed by atoms with Gasteiger partial charge in [0, 0.05) is 20.1 Å². The quantitative estimate of drug-likeness (QED) is 0.452. The third-order valence-electron chi connectivity index (χ3n) is 0. The third-order valence-corrected chi connectivity index (χ3v) is 0. The van der Waals surface area contributed by atoms with Crippen molar-refractivity contribution in [3.8, 4) is 0 Å². The fourth-order valence-corrected chi connectivity index (χ4v) is 0. The molecule has 0 rings (SSSR count). The fourth-order valence-electron chi connectivity index (χ4n) is 0. The van der Waals surface area contributed by atoms with Crippen molar-refractivity contribution >= 4 is 17.0 Å². The maximum atomic E-state index is 0. The predicted molar refractivity (Wildman–Crippen MR) is 24.8 cm³/mol. The molecule has 0 aromatic heterocycles.